The second-order valence-electron chi connectivity index (χ2n) is 3.41. The van der Waals surface area contributed by atoms with E-state index in [0.29, 0.717) is 0 Å². The standard InChI is InChI=1S/C9H16O8/c10-3-6(13)8(15)7(14)4(11)1-2-5(12)9(16)17/h4,6-8,10-11,13-15H,1-3H2,(H,16,17)/t4-,6-,7-,8-/m1/s1/i2D/t2-,4-,6-,7-,8-. The van der Waals surface area contributed by atoms with Crippen molar-refractivity contribution in [2.45, 2.75) is 37.2 Å². The van der Waals surface area contributed by atoms with E-state index in [9.17, 15) is 24.9 Å². The molecule has 0 aromatic carbocycles. The number of hydrogen-bond donors (Lipinski definition) is 6. The van der Waals surface area contributed by atoms with Crippen molar-refractivity contribution in [1.82, 2.24) is 0 Å². The van der Waals surface area contributed by atoms with Gasteiger partial charge < -0.3 is 30.6 Å². The topological polar surface area (TPSA) is 156 Å². The van der Waals surface area contributed by atoms with Gasteiger partial charge >= 0.3 is 5.97 Å². The number of carbonyl (C=O) groups is 2. The average Bonchev–Trinajstić information content (AvgIpc) is 2.34. The molecule has 0 heterocycles. The zero-order chi connectivity index (χ0) is 14.5. The van der Waals surface area contributed by atoms with Crippen LogP contribution in [0.3, 0.4) is 0 Å². The SMILES string of the molecule is [2H][C@H](C[C@@H](O)[C@@H](O)[C@H](O)[C@H](O)CO)C(=O)C(=O)O. The highest BCUT2D eigenvalue weighted by Crippen LogP contribution is 2.10. The van der Waals surface area contributed by atoms with E-state index in [1.54, 1.807) is 0 Å². The molecule has 0 aliphatic carbocycles. The molecule has 8 nitrogen and oxygen atoms in total. The quantitative estimate of drug-likeness (QED) is 0.248. The van der Waals surface area contributed by atoms with Gasteiger partial charge in [0, 0.05) is 7.77 Å². The Morgan fingerprint density at radius 3 is 1.94 bits per heavy atom. The third kappa shape index (κ3) is 5.20. The molecular weight excluding hydrogens is 236 g/mol. The fourth-order valence-electron chi connectivity index (χ4n) is 1.02. The summed E-state index contributed by atoms with van der Waals surface area (Å²) in [5, 5.41) is 53.8. The third-order valence-electron chi connectivity index (χ3n) is 2.08. The summed E-state index contributed by atoms with van der Waals surface area (Å²) in [5.41, 5.74) is 0. The molecule has 0 amide bonds. The maximum atomic E-state index is 10.8. The first-order valence-electron chi connectivity index (χ1n) is 5.32. The van der Waals surface area contributed by atoms with Crippen molar-refractivity contribution >= 4 is 11.8 Å². The van der Waals surface area contributed by atoms with Crippen molar-refractivity contribution < 1.29 is 41.6 Å². The molecule has 0 saturated heterocycles. The molecule has 0 aliphatic heterocycles. The van der Waals surface area contributed by atoms with Gasteiger partial charge in [-0.2, -0.15) is 0 Å². The molecule has 0 unspecified atom stereocenters. The van der Waals surface area contributed by atoms with E-state index in [0.717, 1.165) is 0 Å². The molecule has 0 saturated carbocycles. The summed E-state index contributed by atoms with van der Waals surface area (Å²) in [6, 6.07) is 0. The van der Waals surface area contributed by atoms with Crippen LogP contribution in [0, 0.1) is 0 Å². The number of carboxylic acids is 1. The number of rotatable bonds is 8. The van der Waals surface area contributed by atoms with Crippen molar-refractivity contribution in [2.75, 3.05) is 6.61 Å². The van der Waals surface area contributed by atoms with Gasteiger partial charge in [-0.1, -0.05) is 0 Å². The Labute approximate surface area is 98.2 Å². The Balaban J connectivity index is 4.44. The lowest BCUT2D eigenvalue weighted by Gasteiger charge is -2.25. The summed E-state index contributed by atoms with van der Waals surface area (Å²) in [4.78, 5) is 21.1. The predicted molar refractivity (Wildman–Crippen MR) is 53.0 cm³/mol. The van der Waals surface area contributed by atoms with Gasteiger partial charge in [0.1, 0.15) is 18.3 Å². The average molecular weight is 253 g/mol. The zero-order valence-corrected chi connectivity index (χ0v) is 8.80. The van der Waals surface area contributed by atoms with Crippen LogP contribution >= 0.6 is 0 Å². The number of aliphatic hydroxyl groups is 5. The number of aliphatic hydroxyl groups excluding tert-OH is 5. The largest absolute Gasteiger partial charge is 0.476 e. The fraction of sp³-hybridized carbons (Fsp3) is 0.778. The smallest absolute Gasteiger partial charge is 0.372 e. The second-order valence-corrected chi connectivity index (χ2v) is 3.41. The first-order valence-corrected chi connectivity index (χ1v) is 4.74. The molecule has 0 radical (unpaired) electrons. The molecule has 0 rings (SSSR count). The van der Waals surface area contributed by atoms with Gasteiger partial charge in [-0.05, 0) is 6.42 Å². The van der Waals surface area contributed by atoms with Crippen molar-refractivity contribution in [3.05, 3.63) is 0 Å². The summed E-state index contributed by atoms with van der Waals surface area (Å²) in [6.07, 6.45) is -9.80. The number of carbonyl (C=O) groups excluding carboxylic acids is 1. The van der Waals surface area contributed by atoms with Crippen LogP contribution in [0.1, 0.15) is 14.2 Å². The van der Waals surface area contributed by atoms with Gasteiger partial charge in [0.2, 0.25) is 5.78 Å². The highest BCUT2D eigenvalue weighted by atomic mass is 16.4. The van der Waals surface area contributed by atoms with Crippen molar-refractivity contribution in [2.24, 2.45) is 0 Å². The van der Waals surface area contributed by atoms with E-state index < -0.39 is 55.6 Å². The van der Waals surface area contributed by atoms with Crippen LogP contribution in [0.4, 0.5) is 0 Å². The van der Waals surface area contributed by atoms with Gasteiger partial charge in [-0.15, -0.1) is 0 Å². The third-order valence-corrected chi connectivity index (χ3v) is 2.08. The molecule has 0 aliphatic rings. The zero-order valence-electron chi connectivity index (χ0n) is 9.80. The van der Waals surface area contributed by atoms with E-state index in [4.69, 9.17) is 16.7 Å². The van der Waals surface area contributed by atoms with Crippen LogP contribution < -0.4 is 0 Å². The van der Waals surface area contributed by atoms with Crippen LogP contribution in [0.25, 0.3) is 0 Å². The van der Waals surface area contributed by atoms with Gasteiger partial charge in [0.15, 0.2) is 0 Å². The fourth-order valence-corrected chi connectivity index (χ4v) is 1.02. The maximum absolute atomic E-state index is 10.8. The lowest BCUT2D eigenvalue weighted by Crippen LogP contribution is -2.46. The highest BCUT2D eigenvalue weighted by Gasteiger charge is 2.30. The molecule has 17 heavy (non-hydrogen) atoms. The lowest BCUT2D eigenvalue weighted by molar-refractivity contribution is -0.150. The van der Waals surface area contributed by atoms with E-state index in [2.05, 4.69) is 0 Å². The van der Waals surface area contributed by atoms with E-state index >= 15 is 0 Å². The summed E-state index contributed by atoms with van der Waals surface area (Å²) in [7, 11) is 0. The Hall–Kier alpha value is -1.06. The Bertz CT molecular complexity index is 296. The number of aliphatic carboxylic acids is 1. The Morgan fingerprint density at radius 1 is 1.06 bits per heavy atom. The minimum atomic E-state index is -1.92. The predicted octanol–water partition coefficient (Wildman–Crippen LogP) is -3.14. The molecule has 100 valence electrons. The molecule has 8 heteroatoms. The minimum Gasteiger partial charge on any atom is -0.476 e. The number of hydrogen-bond acceptors (Lipinski definition) is 7. The molecule has 0 bridgehead atoms. The van der Waals surface area contributed by atoms with E-state index in [-0.39, 0.29) is 0 Å². The van der Waals surface area contributed by atoms with Gasteiger partial charge in [-0.25, -0.2) is 4.79 Å². The monoisotopic (exact) mass is 253 g/mol. The molecule has 0 aromatic rings. The molecular formula is C9H16O8. The van der Waals surface area contributed by atoms with E-state index in [1.165, 1.54) is 0 Å². The van der Waals surface area contributed by atoms with E-state index in [1.807, 2.05) is 0 Å². The molecule has 5 atom stereocenters. The normalized spacial score (nSPS) is 20.9. The molecule has 0 aromatic heterocycles. The van der Waals surface area contributed by atoms with Crippen molar-refractivity contribution in [3.63, 3.8) is 0 Å². The molecule has 0 spiro atoms. The van der Waals surface area contributed by atoms with Crippen molar-refractivity contribution in [3.8, 4) is 0 Å². The number of Topliss-reactive ketones (excluding diaryl/α,β-unsaturated/α-hetero) is 1. The van der Waals surface area contributed by atoms with Gasteiger partial charge in [0.25, 0.3) is 0 Å². The van der Waals surface area contributed by atoms with Crippen LogP contribution in [0.15, 0.2) is 0 Å². The first-order chi connectivity index (χ1) is 8.22. The Morgan fingerprint density at radius 2 is 1.53 bits per heavy atom. The molecule has 6 N–H and O–H groups in total. The number of carboxylic acid groups (broad SMARTS) is 1. The van der Waals surface area contributed by atoms with Gasteiger partial charge in [0.05, 0.1) is 12.7 Å². The van der Waals surface area contributed by atoms with Crippen LogP contribution in [0.5, 0.6) is 0 Å². The maximum Gasteiger partial charge on any atom is 0.372 e. The van der Waals surface area contributed by atoms with Gasteiger partial charge in [-0.3, -0.25) is 4.79 Å². The Kier molecular flexibility index (Phi) is 6.01. The second kappa shape index (κ2) is 7.30. The minimum absolute atomic E-state index is 0.721. The van der Waals surface area contributed by atoms with Crippen LogP contribution in [0.2, 0.25) is 0 Å². The summed E-state index contributed by atoms with van der Waals surface area (Å²) in [5.74, 6) is -3.30. The number of ketones is 1. The summed E-state index contributed by atoms with van der Waals surface area (Å²) >= 11 is 0. The van der Waals surface area contributed by atoms with Crippen LogP contribution in [-0.2, 0) is 9.59 Å². The molecule has 0 fully saturated rings. The van der Waals surface area contributed by atoms with Crippen molar-refractivity contribution in [1.29, 1.82) is 0 Å². The highest BCUT2D eigenvalue weighted by molar-refractivity contribution is 6.32. The summed E-state index contributed by atoms with van der Waals surface area (Å²) < 4.78 is 7.13. The van der Waals surface area contributed by atoms with Crippen LogP contribution in [-0.4, -0.2) is 73.4 Å². The summed E-state index contributed by atoms with van der Waals surface area (Å²) in [6.45, 7) is -0.858. The lowest BCUT2D eigenvalue weighted by atomic mass is 9.99. The first kappa shape index (κ1) is 14.0.